The molecule has 0 aliphatic heterocycles. The zero-order valence-corrected chi connectivity index (χ0v) is 20.2. The van der Waals surface area contributed by atoms with Crippen molar-refractivity contribution >= 4 is 49.8 Å². The van der Waals surface area contributed by atoms with Crippen molar-refractivity contribution in [3.05, 3.63) is 52.8 Å². The molecule has 0 radical (unpaired) electrons. The normalized spacial score (nSPS) is 11.7. The molecule has 4 rings (SSSR count). The van der Waals surface area contributed by atoms with Gasteiger partial charge in [0.2, 0.25) is 21.1 Å². The molecule has 1 amide bonds. The summed E-state index contributed by atoms with van der Waals surface area (Å²) < 4.78 is 29.0. The van der Waals surface area contributed by atoms with Gasteiger partial charge >= 0.3 is 0 Å². The van der Waals surface area contributed by atoms with Gasteiger partial charge in [-0.25, -0.2) is 13.1 Å². The van der Waals surface area contributed by atoms with Gasteiger partial charge in [0.15, 0.2) is 11.5 Å². The fraction of sp³-hybridized carbons (Fsp3) is 0.263. The van der Waals surface area contributed by atoms with E-state index >= 15 is 0 Å². The first kappa shape index (κ1) is 23.2. The van der Waals surface area contributed by atoms with Crippen LogP contribution in [0, 0.1) is 13.8 Å². The van der Waals surface area contributed by atoms with Gasteiger partial charge in [-0.1, -0.05) is 40.8 Å². The molecule has 0 saturated heterocycles. The number of rotatable bonds is 9. The van der Waals surface area contributed by atoms with E-state index in [1.54, 1.807) is 40.9 Å². The Morgan fingerprint density at radius 3 is 2.58 bits per heavy atom. The van der Waals surface area contributed by atoms with Crippen molar-refractivity contribution in [2.24, 2.45) is 0 Å². The Morgan fingerprint density at radius 2 is 1.85 bits per heavy atom. The third-order valence-corrected chi connectivity index (χ3v) is 7.55. The Hall–Kier alpha value is -2.94. The number of aromatic nitrogens is 6. The lowest BCUT2D eigenvalue weighted by molar-refractivity contribution is -0.113. The van der Waals surface area contributed by atoms with Crippen molar-refractivity contribution in [2.45, 2.75) is 30.2 Å². The maximum absolute atomic E-state index is 12.5. The van der Waals surface area contributed by atoms with Crippen LogP contribution in [0.3, 0.4) is 0 Å². The molecule has 3 heterocycles. The van der Waals surface area contributed by atoms with Crippen molar-refractivity contribution < 1.29 is 13.2 Å². The summed E-state index contributed by atoms with van der Waals surface area (Å²) in [5.41, 5.74) is 1.51. The van der Waals surface area contributed by atoms with Crippen molar-refractivity contribution in [2.75, 3.05) is 17.6 Å². The van der Waals surface area contributed by atoms with E-state index in [1.807, 2.05) is 13.8 Å². The molecule has 11 nitrogen and oxygen atoms in total. The van der Waals surface area contributed by atoms with Gasteiger partial charge in [0.25, 0.3) is 0 Å². The molecular formula is C19H20N8O3S3. The summed E-state index contributed by atoms with van der Waals surface area (Å²) in [6.45, 7) is 3.84. The van der Waals surface area contributed by atoms with Crippen LogP contribution in [-0.2, 0) is 21.2 Å². The van der Waals surface area contributed by atoms with Crippen molar-refractivity contribution in [3.63, 3.8) is 0 Å². The van der Waals surface area contributed by atoms with Gasteiger partial charge in [-0.3, -0.25) is 10.1 Å². The minimum Gasteiger partial charge on any atom is -0.300 e. The summed E-state index contributed by atoms with van der Waals surface area (Å²) in [7, 11) is -3.62. The second kappa shape index (κ2) is 9.91. The molecule has 0 bridgehead atoms. The molecule has 0 aliphatic carbocycles. The number of hydrogen-bond acceptors (Lipinski definition) is 10. The standard InChI is InChI=1S/C19H20N8O3S3/c1-12-3-5-14(6-4-12)33(29,30)20-10-9-16-24-23-15-7-8-18(26-27(15)16)31-11-17(28)21-19-25-22-13(2)32-19/h3-8,20H,9-11H2,1-2H3,(H,21,25,28). The highest BCUT2D eigenvalue weighted by Crippen LogP contribution is 2.18. The fourth-order valence-electron chi connectivity index (χ4n) is 2.79. The van der Waals surface area contributed by atoms with Crippen molar-refractivity contribution in [3.8, 4) is 0 Å². The molecule has 0 saturated carbocycles. The fourth-order valence-corrected chi connectivity index (χ4v) is 5.08. The first-order valence-electron chi connectivity index (χ1n) is 9.80. The van der Waals surface area contributed by atoms with E-state index in [9.17, 15) is 13.2 Å². The van der Waals surface area contributed by atoms with Crippen molar-refractivity contribution in [1.29, 1.82) is 0 Å². The van der Waals surface area contributed by atoms with Crippen LogP contribution < -0.4 is 10.0 Å². The van der Waals surface area contributed by atoms with E-state index in [0.29, 0.717) is 28.0 Å². The molecule has 0 atom stereocenters. The molecular weight excluding hydrogens is 484 g/mol. The first-order chi connectivity index (χ1) is 15.8. The lowest BCUT2D eigenvalue weighted by Gasteiger charge is -2.07. The smallest absolute Gasteiger partial charge is 0.240 e. The van der Waals surface area contributed by atoms with Crippen LogP contribution in [0.25, 0.3) is 5.65 Å². The van der Waals surface area contributed by atoms with Gasteiger partial charge in [-0.2, -0.15) is 9.61 Å². The van der Waals surface area contributed by atoms with Crippen LogP contribution >= 0.6 is 23.1 Å². The highest BCUT2D eigenvalue weighted by atomic mass is 32.2. The average Bonchev–Trinajstić information content (AvgIpc) is 3.38. The number of fused-ring (bicyclic) bond motifs is 1. The monoisotopic (exact) mass is 504 g/mol. The van der Waals surface area contributed by atoms with Crippen LogP contribution in [0.2, 0.25) is 0 Å². The van der Waals surface area contributed by atoms with E-state index in [0.717, 1.165) is 10.6 Å². The first-order valence-corrected chi connectivity index (χ1v) is 13.1. The summed E-state index contributed by atoms with van der Waals surface area (Å²) >= 11 is 2.56. The van der Waals surface area contributed by atoms with Crippen LogP contribution in [0.5, 0.6) is 0 Å². The number of nitrogens with one attached hydrogen (secondary N) is 2. The number of nitrogens with zero attached hydrogens (tertiary/aromatic N) is 6. The van der Waals surface area contributed by atoms with E-state index in [4.69, 9.17) is 0 Å². The number of benzene rings is 1. The van der Waals surface area contributed by atoms with Gasteiger partial charge in [-0.15, -0.1) is 20.4 Å². The Kier molecular flexibility index (Phi) is 6.97. The maximum Gasteiger partial charge on any atom is 0.240 e. The van der Waals surface area contributed by atoms with Gasteiger partial charge < -0.3 is 0 Å². The number of hydrogen-bond donors (Lipinski definition) is 2. The maximum atomic E-state index is 12.5. The zero-order valence-electron chi connectivity index (χ0n) is 17.7. The summed E-state index contributed by atoms with van der Waals surface area (Å²) in [5.74, 6) is 0.436. The minimum atomic E-state index is -3.62. The molecule has 0 spiro atoms. The lowest BCUT2D eigenvalue weighted by Crippen LogP contribution is -2.26. The molecule has 0 fully saturated rings. The molecule has 14 heteroatoms. The van der Waals surface area contributed by atoms with Gasteiger partial charge in [0.05, 0.1) is 10.6 Å². The van der Waals surface area contributed by atoms with Gasteiger partial charge in [0, 0.05) is 13.0 Å². The Bertz CT molecular complexity index is 1380. The van der Waals surface area contributed by atoms with E-state index in [1.165, 1.54) is 23.1 Å². The number of sulfonamides is 1. The number of aryl methyl sites for hydroxylation is 2. The largest absolute Gasteiger partial charge is 0.300 e. The Balaban J connectivity index is 1.36. The number of anilines is 1. The summed E-state index contributed by atoms with van der Waals surface area (Å²) in [4.78, 5) is 12.3. The molecule has 2 N–H and O–H groups in total. The van der Waals surface area contributed by atoms with Gasteiger partial charge in [-0.05, 0) is 38.1 Å². The number of carbonyl (C=O) groups excluding carboxylic acids is 1. The second-order valence-corrected chi connectivity index (χ2v) is 10.9. The SMILES string of the molecule is Cc1ccc(S(=O)(=O)NCCc2nnc3ccc(SCC(=O)Nc4nnc(C)s4)nn23)cc1. The van der Waals surface area contributed by atoms with Crippen LogP contribution in [-0.4, -0.2) is 56.6 Å². The number of amides is 1. The highest BCUT2D eigenvalue weighted by Gasteiger charge is 2.15. The third-order valence-electron chi connectivity index (χ3n) is 4.40. The van der Waals surface area contributed by atoms with Crippen molar-refractivity contribution in [1.82, 2.24) is 34.7 Å². The topological polar surface area (TPSA) is 144 Å². The van der Waals surface area contributed by atoms with E-state index in [2.05, 4.69) is 35.5 Å². The predicted molar refractivity (Wildman–Crippen MR) is 125 cm³/mol. The summed E-state index contributed by atoms with van der Waals surface area (Å²) in [6.07, 6.45) is 0.296. The van der Waals surface area contributed by atoms with Crippen LogP contribution in [0.15, 0.2) is 46.3 Å². The van der Waals surface area contributed by atoms with Gasteiger partial charge in [0.1, 0.15) is 10.0 Å². The summed E-state index contributed by atoms with van der Waals surface area (Å²) in [5, 5.41) is 24.9. The van der Waals surface area contributed by atoms with E-state index < -0.39 is 10.0 Å². The molecule has 172 valence electrons. The third kappa shape index (κ3) is 5.90. The Morgan fingerprint density at radius 1 is 1.06 bits per heavy atom. The predicted octanol–water partition coefficient (Wildman–Crippen LogP) is 1.84. The van der Waals surface area contributed by atoms with E-state index in [-0.39, 0.29) is 23.1 Å². The molecule has 1 aromatic carbocycles. The highest BCUT2D eigenvalue weighted by molar-refractivity contribution is 7.99. The average molecular weight is 505 g/mol. The van der Waals surface area contributed by atoms with Crippen LogP contribution in [0.4, 0.5) is 5.13 Å². The second-order valence-electron chi connectivity index (χ2n) is 6.98. The Labute approximate surface area is 198 Å². The quantitative estimate of drug-likeness (QED) is 0.326. The molecule has 4 aromatic rings. The lowest BCUT2D eigenvalue weighted by atomic mass is 10.2. The van der Waals surface area contributed by atoms with Crippen LogP contribution in [0.1, 0.15) is 16.4 Å². The molecule has 0 aliphatic rings. The summed E-state index contributed by atoms with van der Waals surface area (Å²) in [6, 6.07) is 10.1. The molecule has 3 aromatic heterocycles. The zero-order chi connectivity index (χ0) is 23.4. The number of thioether (sulfide) groups is 1. The minimum absolute atomic E-state index is 0.139. The molecule has 33 heavy (non-hydrogen) atoms. The number of carbonyl (C=O) groups is 1. The molecule has 0 unspecified atom stereocenters.